The van der Waals surface area contributed by atoms with Crippen LogP contribution in [0.1, 0.15) is 10.4 Å². The lowest BCUT2D eigenvalue weighted by Crippen LogP contribution is -2.12. The number of benzene rings is 2. The predicted octanol–water partition coefficient (Wildman–Crippen LogP) is 4.73. The van der Waals surface area contributed by atoms with Gasteiger partial charge in [-0.3, -0.25) is 4.79 Å². The maximum absolute atomic E-state index is 13.7. The Labute approximate surface area is 126 Å². The fourth-order valence-corrected chi connectivity index (χ4v) is 2.28. The van der Waals surface area contributed by atoms with Crippen LogP contribution >= 0.6 is 15.9 Å². The average molecular weight is 352 g/mol. The van der Waals surface area contributed by atoms with Crippen molar-refractivity contribution in [3.8, 4) is 0 Å². The Morgan fingerprint density at radius 2 is 1.90 bits per heavy atom. The van der Waals surface area contributed by atoms with E-state index in [4.69, 9.17) is 4.42 Å². The fraction of sp³-hybridized carbons (Fsp3) is 0. The first-order valence-electron chi connectivity index (χ1n) is 5.98. The molecule has 1 aromatic heterocycles. The largest absolute Gasteiger partial charge is 0.463 e. The van der Waals surface area contributed by atoms with E-state index < -0.39 is 17.5 Å². The summed E-state index contributed by atoms with van der Waals surface area (Å²) in [4.78, 5) is 12.2. The Morgan fingerprint density at radius 3 is 2.71 bits per heavy atom. The lowest BCUT2D eigenvalue weighted by atomic mass is 10.1. The molecule has 3 aromatic rings. The molecule has 0 saturated carbocycles. The molecule has 21 heavy (non-hydrogen) atoms. The first-order valence-corrected chi connectivity index (χ1v) is 6.77. The summed E-state index contributed by atoms with van der Waals surface area (Å²) in [7, 11) is 0. The molecule has 0 bridgehead atoms. The molecule has 0 atom stereocenters. The quantitative estimate of drug-likeness (QED) is 0.678. The number of amides is 1. The van der Waals surface area contributed by atoms with Crippen molar-refractivity contribution in [2.24, 2.45) is 0 Å². The van der Waals surface area contributed by atoms with Crippen LogP contribution in [0.25, 0.3) is 11.0 Å². The molecule has 106 valence electrons. The number of furan rings is 1. The minimum Gasteiger partial charge on any atom is -0.463 e. The van der Waals surface area contributed by atoms with Crippen molar-refractivity contribution in [2.45, 2.75) is 0 Å². The van der Waals surface area contributed by atoms with Crippen molar-refractivity contribution >= 4 is 38.5 Å². The molecule has 0 fully saturated rings. The van der Waals surface area contributed by atoms with E-state index in [-0.39, 0.29) is 15.7 Å². The Hall–Kier alpha value is -2.21. The summed E-state index contributed by atoms with van der Waals surface area (Å²) in [6.07, 6.45) is 1.28. The number of para-hydroxylation sites is 1. The molecular formula is C15H8BrF2NO2. The third-order valence-corrected chi connectivity index (χ3v) is 3.59. The van der Waals surface area contributed by atoms with Gasteiger partial charge in [-0.15, -0.1) is 0 Å². The van der Waals surface area contributed by atoms with Crippen LogP contribution in [0.5, 0.6) is 0 Å². The number of nitrogens with one attached hydrogen (secondary N) is 1. The van der Waals surface area contributed by atoms with E-state index >= 15 is 0 Å². The summed E-state index contributed by atoms with van der Waals surface area (Å²) >= 11 is 2.87. The zero-order valence-corrected chi connectivity index (χ0v) is 12.1. The van der Waals surface area contributed by atoms with E-state index in [0.717, 1.165) is 12.1 Å². The SMILES string of the molecule is O=C(Nc1cc(F)c(Br)cc1F)c1coc2ccccc12. The van der Waals surface area contributed by atoms with Gasteiger partial charge in [0.15, 0.2) is 0 Å². The maximum Gasteiger partial charge on any atom is 0.259 e. The molecule has 1 N–H and O–H groups in total. The number of halogens is 3. The third kappa shape index (κ3) is 2.54. The van der Waals surface area contributed by atoms with E-state index in [0.29, 0.717) is 11.0 Å². The van der Waals surface area contributed by atoms with Crippen molar-refractivity contribution in [3.63, 3.8) is 0 Å². The van der Waals surface area contributed by atoms with Crippen LogP contribution in [0.2, 0.25) is 0 Å². The van der Waals surface area contributed by atoms with Crippen molar-refractivity contribution in [1.82, 2.24) is 0 Å². The highest BCUT2D eigenvalue weighted by molar-refractivity contribution is 9.10. The lowest BCUT2D eigenvalue weighted by molar-refractivity contribution is 0.102. The van der Waals surface area contributed by atoms with Gasteiger partial charge < -0.3 is 9.73 Å². The van der Waals surface area contributed by atoms with Gasteiger partial charge in [-0.25, -0.2) is 8.78 Å². The van der Waals surface area contributed by atoms with Crippen molar-refractivity contribution < 1.29 is 18.0 Å². The molecule has 2 aromatic carbocycles. The molecule has 0 aliphatic carbocycles. The third-order valence-electron chi connectivity index (χ3n) is 2.98. The van der Waals surface area contributed by atoms with Crippen molar-refractivity contribution in [2.75, 3.05) is 5.32 Å². The highest BCUT2D eigenvalue weighted by Gasteiger charge is 2.16. The standard InChI is InChI=1S/C15H8BrF2NO2/c16-10-5-12(18)13(6-11(10)17)19-15(20)9-7-21-14-4-2-1-3-8(9)14/h1-7H,(H,19,20). The Morgan fingerprint density at radius 1 is 1.14 bits per heavy atom. The molecule has 1 amide bonds. The van der Waals surface area contributed by atoms with Gasteiger partial charge in [0.2, 0.25) is 0 Å². The molecule has 0 spiro atoms. The predicted molar refractivity (Wildman–Crippen MR) is 78.2 cm³/mol. The van der Waals surface area contributed by atoms with Crippen LogP contribution in [0.4, 0.5) is 14.5 Å². The van der Waals surface area contributed by atoms with E-state index in [1.807, 2.05) is 0 Å². The normalized spacial score (nSPS) is 10.8. The van der Waals surface area contributed by atoms with Gasteiger partial charge >= 0.3 is 0 Å². The van der Waals surface area contributed by atoms with Gasteiger partial charge in [0.05, 0.1) is 15.7 Å². The summed E-state index contributed by atoms with van der Waals surface area (Å²) in [6, 6.07) is 8.84. The highest BCUT2D eigenvalue weighted by atomic mass is 79.9. The molecule has 6 heteroatoms. The zero-order chi connectivity index (χ0) is 15.0. The Balaban J connectivity index is 1.95. The second-order valence-electron chi connectivity index (χ2n) is 4.35. The van der Waals surface area contributed by atoms with Crippen molar-refractivity contribution in [1.29, 1.82) is 0 Å². The van der Waals surface area contributed by atoms with Gasteiger partial charge in [0.1, 0.15) is 23.5 Å². The number of hydrogen-bond acceptors (Lipinski definition) is 2. The topological polar surface area (TPSA) is 42.2 Å². The van der Waals surface area contributed by atoms with Crippen LogP contribution in [0, 0.1) is 11.6 Å². The van der Waals surface area contributed by atoms with E-state index in [1.165, 1.54) is 6.26 Å². The molecule has 0 aliphatic rings. The van der Waals surface area contributed by atoms with Gasteiger partial charge in [-0.05, 0) is 28.1 Å². The maximum atomic E-state index is 13.7. The van der Waals surface area contributed by atoms with Crippen LogP contribution < -0.4 is 5.32 Å². The van der Waals surface area contributed by atoms with E-state index in [9.17, 15) is 13.6 Å². The minimum absolute atomic E-state index is 0.00763. The summed E-state index contributed by atoms with van der Waals surface area (Å²) in [6.45, 7) is 0. The van der Waals surface area contributed by atoms with Gasteiger partial charge in [-0.2, -0.15) is 0 Å². The second-order valence-corrected chi connectivity index (χ2v) is 5.20. The molecule has 0 aliphatic heterocycles. The Kier molecular flexibility index (Phi) is 3.47. The molecule has 0 saturated heterocycles. The Bertz CT molecular complexity index is 845. The number of fused-ring (bicyclic) bond motifs is 1. The molecule has 1 heterocycles. The average Bonchev–Trinajstić information content (AvgIpc) is 2.88. The molecular weight excluding hydrogens is 344 g/mol. The zero-order valence-electron chi connectivity index (χ0n) is 10.5. The van der Waals surface area contributed by atoms with Gasteiger partial charge in [0.25, 0.3) is 5.91 Å². The summed E-state index contributed by atoms with van der Waals surface area (Å²) in [5.41, 5.74) is 0.574. The molecule has 0 radical (unpaired) electrons. The van der Waals surface area contributed by atoms with Crippen LogP contribution in [0.3, 0.4) is 0 Å². The van der Waals surface area contributed by atoms with Crippen LogP contribution in [0.15, 0.2) is 51.6 Å². The number of hydrogen-bond donors (Lipinski definition) is 1. The smallest absolute Gasteiger partial charge is 0.259 e. The summed E-state index contributed by atoms with van der Waals surface area (Å²) in [5.74, 6) is -1.96. The first-order chi connectivity index (χ1) is 10.1. The first kappa shape index (κ1) is 13.8. The number of carbonyl (C=O) groups is 1. The van der Waals surface area contributed by atoms with Gasteiger partial charge in [-0.1, -0.05) is 18.2 Å². The van der Waals surface area contributed by atoms with E-state index in [1.54, 1.807) is 24.3 Å². The van der Waals surface area contributed by atoms with Crippen LogP contribution in [-0.2, 0) is 0 Å². The monoisotopic (exact) mass is 351 g/mol. The summed E-state index contributed by atoms with van der Waals surface area (Å²) in [5, 5.41) is 2.94. The molecule has 3 rings (SSSR count). The second kappa shape index (κ2) is 5.29. The number of rotatable bonds is 2. The minimum atomic E-state index is -0.732. The highest BCUT2D eigenvalue weighted by Crippen LogP contribution is 2.25. The number of anilines is 1. The van der Waals surface area contributed by atoms with Gasteiger partial charge in [0, 0.05) is 11.5 Å². The van der Waals surface area contributed by atoms with Crippen LogP contribution in [-0.4, -0.2) is 5.91 Å². The molecule has 3 nitrogen and oxygen atoms in total. The lowest BCUT2D eigenvalue weighted by Gasteiger charge is -2.06. The summed E-state index contributed by atoms with van der Waals surface area (Å²) < 4.78 is 32.4. The van der Waals surface area contributed by atoms with E-state index in [2.05, 4.69) is 21.2 Å². The fourth-order valence-electron chi connectivity index (χ4n) is 1.96. The molecule has 0 unspecified atom stereocenters. The van der Waals surface area contributed by atoms with Crippen molar-refractivity contribution in [3.05, 3.63) is 64.3 Å². The number of carbonyl (C=O) groups excluding carboxylic acids is 1.